The molecule has 0 saturated carbocycles. The lowest BCUT2D eigenvalue weighted by Gasteiger charge is -2.30. The average Bonchev–Trinajstić information content (AvgIpc) is 3.12. The predicted octanol–water partition coefficient (Wildman–Crippen LogP) is 2.58. The standard InChI is InChI=1S/C17H26N4O2/c1-13-18-19-17(20(13)2)12-21-9-5-3-4-7-14(21)11-15(22)16-8-6-10-23-16/h6,8,10,14-15,22H,3-5,7,9,11-12H2,1-2H3. The van der Waals surface area contributed by atoms with Gasteiger partial charge in [-0.3, -0.25) is 4.90 Å². The van der Waals surface area contributed by atoms with E-state index in [4.69, 9.17) is 4.42 Å². The van der Waals surface area contributed by atoms with Crippen LogP contribution in [0.5, 0.6) is 0 Å². The highest BCUT2D eigenvalue weighted by atomic mass is 16.4. The van der Waals surface area contributed by atoms with Gasteiger partial charge in [-0.25, -0.2) is 0 Å². The van der Waals surface area contributed by atoms with Crippen LogP contribution < -0.4 is 0 Å². The van der Waals surface area contributed by atoms with E-state index < -0.39 is 6.10 Å². The third kappa shape index (κ3) is 3.82. The van der Waals surface area contributed by atoms with Crippen molar-refractivity contribution in [2.24, 2.45) is 7.05 Å². The van der Waals surface area contributed by atoms with Crippen LogP contribution in [0.3, 0.4) is 0 Å². The molecule has 0 aliphatic carbocycles. The van der Waals surface area contributed by atoms with Gasteiger partial charge in [0.2, 0.25) is 0 Å². The number of hydrogen-bond donors (Lipinski definition) is 1. The first-order chi connectivity index (χ1) is 11.1. The first kappa shape index (κ1) is 16.2. The molecular formula is C17H26N4O2. The van der Waals surface area contributed by atoms with Gasteiger partial charge >= 0.3 is 0 Å². The second kappa shape index (κ2) is 7.27. The van der Waals surface area contributed by atoms with E-state index >= 15 is 0 Å². The fourth-order valence-electron chi connectivity index (χ4n) is 3.34. The monoisotopic (exact) mass is 318 g/mol. The zero-order valence-corrected chi connectivity index (χ0v) is 14.0. The van der Waals surface area contributed by atoms with Crippen LogP contribution in [0.2, 0.25) is 0 Å². The van der Waals surface area contributed by atoms with Gasteiger partial charge in [-0.05, 0) is 44.9 Å². The van der Waals surface area contributed by atoms with Crippen LogP contribution in [0.4, 0.5) is 0 Å². The molecule has 1 N–H and O–H groups in total. The third-order valence-electron chi connectivity index (χ3n) is 4.89. The summed E-state index contributed by atoms with van der Waals surface area (Å²) in [5.74, 6) is 2.58. The Kier molecular flexibility index (Phi) is 5.13. The minimum absolute atomic E-state index is 0.342. The van der Waals surface area contributed by atoms with Gasteiger partial charge in [0.25, 0.3) is 0 Å². The number of likely N-dealkylation sites (tertiary alicyclic amines) is 1. The molecule has 1 saturated heterocycles. The van der Waals surface area contributed by atoms with Crippen molar-refractivity contribution in [3.8, 4) is 0 Å². The molecule has 3 rings (SSSR count). The summed E-state index contributed by atoms with van der Waals surface area (Å²) in [6.45, 7) is 3.80. The Balaban J connectivity index is 1.71. The van der Waals surface area contributed by atoms with Crippen molar-refractivity contribution in [2.75, 3.05) is 6.54 Å². The smallest absolute Gasteiger partial charge is 0.146 e. The zero-order chi connectivity index (χ0) is 16.2. The van der Waals surface area contributed by atoms with Crippen molar-refractivity contribution in [1.29, 1.82) is 0 Å². The van der Waals surface area contributed by atoms with E-state index in [1.807, 2.05) is 30.7 Å². The van der Waals surface area contributed by atoms with Gasteiger partial charge in [0.1, 0.15) is 23.5 Å². The number of aliphatic hydroxyl groups excluding tert-OH is 1. The highest BCUT2D eigenvalue weighted by Gasteiger charge is 2.26. The highest BCUT2D eigenvalue weighted by molar-refractivity contribution is 5.03. The van der Waals surface area contributed by atoms with E-state index in [-0.39, 0.29) is 0 Å². The summed E-state index contributed by atoms with van der Waals surface area (Å²) in [6.07, 6.45) is 6.54. The Morgan fingerprint density at radius 3 is 2.91 bits per heavy atom. The molecule has 0 aromatic carbocycles. The molecule has 6 nitrogen and oxygen atoms in total. The molecule has 0 spiro atoms. The number of aliphatic hydroxyl groups is 1. The molecule has 3 heterocycles. The van der Waals surface area contributed by atoms with Crippen molar-refractivity contribution in [1.82, 2.24) is 19.7 Å². The normalized spacial score (nSPS) is 21.3. The number of nitrogens with zero attached hydrogens (tertiary/aromatic N) is 4. The lowest BCUT2D eigenvalue weighted by atomic mass is 10.0. The quantitative estimate of drug-likeness (QED) is 0.918. The van der Waals surface area contributed by atoms with E-state index in [0.717, 1.165) is 31.2 Å². The molecule has 0 radical (unpaired) electrons. The molecular weight excluding hydrogens is 292 g/mol. The van der Waals surface area contributed by atoms with Crippen molar-refractivity contribution >= 4 is 0 Å². The van der Waals surface area contributed by atoms with Crippen molar-refractivity contribution in [3.05, 3.63) is 35.8 Å². The molecule has 126 valence electrons. The molecule has 2 aromatic rings. The second-order valence-electron chi connectivity index (χ2n) is 6.46. The second-order valence-corrected chi connectivity index (χ2v) is 6.46. The van der Waals surface area contributed by atoms with E-state index in [9.17, 15) is 5.11 Å². The Morgan fingerprint density at radius 1 is 1.35 bits per heavy atom. The molecule has 2 aromatic heterocycles. The molecule has 6 heteroatoms. The number of furan rings is 1. The summed E-state index contributed by atoms with van der Waals surface area (Å²) in [6, 6.07) is 4.01. The maximum absolute atomic E-state index is 10.4. The highest BCUT2D eigenvalue weighted by Crippen LogP contribution is 2.27. The molecule has 1 aliphatic rings. The molecule has 23 heavy (non-hydrogen) atoms. The third-order valence-corrected chi connectivity index (χ3v) is 4.89. The van der Waals surface area contributed by atoms with Crippen LogP contribution in [0, 0.1) is 6.92 Å². The molecule has 0 amide bonds. The summed E-state index contributed by atoms with van der Waals surface area (Å²) in [7, 11) is 2.01. The van der Waals surface area contributed by atoms with Crippen LogP contribution in [-0.2, 0) is 13.6 Å². The number of rotatable bonds is 5. The summed E-state index contributed by atoms with van der Waals surface area (Å²) < 4.78 is 7.40. The molecule has 1 fully saturated rings. The van der Waals surface area contributed by atoms with Crippen molar-refractivity contribution < 1.29 is 9.52 Å². The largest absolute Gasteiger partial charge is 0.467 e. The van der Waals surface area contributed by atoms with Crippen LogP contribution in [-0.4, -0.2) is 37.4 Å². The van der Waals surface area contributed by atoms with E-state index in [2.05, 4.69) is 15.1 Å². The van der Waals surface area contributed by atoms with Gasteiger partial charge in [-0.15, -0.1) is 10.2 Å². The van der Waals surface area contributed by atoms with Gasteiger partial charge in [0.15, 0.2) is 0 Å². The topological polar surface area (TPSA) is 67.3 Å². The fraction of sp³-hybridized carbons (Fsp3) is 0.647. The number of aryl methyl sites for hydroxylation is 1. The van der Waals surface area contributed by atoms with Gasteiger partial charge in [0.05, 0.1) is 12.8 Å². The lowest BCUT2D eigenvalue weighted by molar-refractivity contribution is 0.0814. The Labute approximate surface area is 137 Å². The van der Waals surface area contributed by atoms with Crippen LogP contribution in [0.25, 0.3) is 0 Å². The molecule has 0 bridgehead atoms. The van der Waals surface area contributed by atoms with Crippen LogP contribution >= 0.6 is 0 Å². The van der Waals surface area contributed by atoms with Crippen LogP contribution in [0.15, 0.2) is 22.8 Å². The Morgan fingerprint density at radius 2 is 2.22 bits per heavy atom. The fourth-order valence-corrected chi connectivity index (χ4v) is 3.34. The van der Waals surface area contributed by atoms with Gasteiger partial charge < -0.3 is 14.1 Å². The van der Waals surface area contributed by atoms with Gasteiger partial charge in [0, 0.05) is 13.1 Å². The summed E-state index contributed by atoms with van der Waals surface area (Å²) in [5.41, 5.74) is 0. The zero-order valence-electron chi connectivity index (χ0n) is 14.0. The molecule has 1 aliphatic heterocycles. The van der Waals surface area contributed by atoms with Crippen molar-refractivity contribution in [2.45, 2.75) is 57.7 Å². The van der Waals surface area contributed by atoms with Gasteiger partial charge in [-0.1, -0.05) is 12.8 Å². The summed E-state index contributed by atoms with van der Waals surface area (Å²) in [5, 5.41) is 18.9. The van der Waals surface area contributed by atoms with Gasteiger partial charge in [-0.2, -0.15) is 0 Å². The summed E-state index contributed by atoms with van der Waals surface area (Å²) >= 11 is 0. The Bertz CT molecular complexity index is 608. The number of aromatic nitrogens is 3. The SMILES string of the molecule is Cc1nnc(CN2CCCCCC2CC(O)c2ccco2)n1C. The van der Waals surface area contributed by atoms with Crippen LogP contribution in [0.1, 0.15) is 55.6 Å². The van der Waals surface area contributed by atoms with E-state index in [1.54, 1.807) is 6.26 Å². The van der Waals surface area contributed by atoms with E-state index in [0.29, 0.717) is 18.2 Å². The first-order valence-corrected chi connectivity index (χ1v) is 8.45. The molecule has 2 unspecified atom stereocenters. The maximum Gasteiger partial charge on any atom is 0.146 e. The molecule has 2 atom stereocenters. The van der Waals surface area contributed by atoms with Crippen molar-refractivity contribution in [3.63, 3.8) is 0 Å². The number of hydrogen-bond acceptors (Lipinski definition) is 5. The minimum Gasteiger partial charge on any atom is -0.467 e. The van der Waals surface area contributed by atoms with E-state index in [1.165, 1.54) is 19.3 Å². The predicted molar refractivity (Wildman–Crippen MR) is 86.7 cm³/mol. The lowest BCUT2D eigenvalue weighted by Crippen LogP contribution is -2.36. The maximum atomic E-state index is 10.4. The average molecular weight is 318 g/mol. The summed E-state index contributed by atoms with van der Waals surface area (Å²) in [4.78, 5) is 2.45. The minimum atomic E-state index is -0.545. The first-order valence-electron chi connectivity index (χ1n) is 8.45. The Hall–Kier alpha value is -1.66.